The molecule has 1 rings (SSSR count). The molecule has 0 aromatic carbocycles. The number of hydrogen-bond acceptors (Lipinski definition) is 2. The predicted molar refractivity (Wildman–Crippen MR) is 74.1 cm³/mol. The summed E-state index contributed by atoms with van der Waals surface area (Å²) in [6.45, 7) is 8.25. The summed E-state index contributed by atoms with van der Waals surface area (Å²) in [5, 5.41) is 8.78. The van der Waals surface area contributed by atoms with Gasteiger partial charge in [0.25, 0.3) is 0 Å². The molecule has 19 heavy (non-hydrogen) atoms. The van der Waals surface area contributed by atoms with E-state index in [-0.39, 0.29) is 24.4 Å². The van der Waals surface area contributed by atoms with Gasteiger partial charge in [0, 0.05) is 32.1 Å². The van der Waals surface area contributed by atoms with Crippen molar-refractivity contribution in [2.75, 3.05) is 19.6 Å². The fraction of sp³-hybridized carbons (Fsp3) is 0.857. The lowest BCUT2D eigenvalue weighted by Gasteiger charge is -2.37. The molecule has 0 bridgehead atoms. The first-order valence-corrected chi connectivity index (χ1v) is 7.26. The first-order valence-electron chi connectivity index (χ1n) is 7.26. The van der Waals surface area contributed by atoms with E-state index in [1.165, 1.54) is 0 Å². The van der Waals surface area contributed by atoms with Gasteiger partial charge in [0.15, 0.2) is 0 Å². The molecule has 0 aromatic heterocycles. The number of aliphatic carboxylic acids is 1. The fourth-order valence-electron chi connectivity index (χ4n) is 2.61. The number of carboxylic acid groups (broad SMARTS) is 1. The molecule has 0 aliphatic carbocycles. The molecule has 0 spiro atoms. The average molecular weight is 270 g/mol. The van der Waals surface area contributed by atoms with Crippen LogP contribution in [0.25, 0.3) is 0 Å². The quantitative estimate of drug-likeness (QED) is 0.834. The fourth-order valence-corrected chi connectivity index (χ4v) is 2.61. The topological polar surface area (TPSA) is 60.9 Å². The van der Waals surface area contributed by atoms with Crippen LogP contribution in [0.2, 0.25) is 0 Å². The second-order valence-electron chi connectivity index (χ2n) is 5.35. The molecule has 5 heteroatoms. The second-order valence-corrected chi connectivity index (χ2v) is 5.35. The molecule has 0 radical (unpaired) electrons. The van der Waals surface area contributed by atoms with E-state index in [4.69, 9.17) is 5.11 Å². The molecule has 1 N–H and O–H groups in total. The van der Waals surface area contributed by atoms with Crippen LogP contribution >= 0.6 is 0 Å². The van der Waals surface area contributed by atoms with Gasteiger partial charge in [-0.15, -0.1) is 0 Å². The Morgan fingerprint density at radius 1 is 1.32 bits per heavy atom. The lowest BCUT2D eigenvalue weighted by molar-refractivity contribution is -0.138. The van der Waals surface area contributed by atoms with Crippen molar-refractivity contribution in [3.05, 3.63) is 0 Å². The van der Waals surface area contributed by atoms with Gasteiger partial charge in [-0.1, -0.05) is 6.92 Å². The third-order valence-electron chi connectivity index (χ3n) is 4.06. The minimum Gasteiger partial charge on any atom is -0.481 e. The van der Waals surface area contributed by atoms with Gasteiger partial charge in [-0.25, -0.2) is 4.79 Å². The number of hydrogen-bond donors (Lipinski definition) is 1. The number of likely N-dealkylation sites (tertiary alicyclic amines) is 1. The van der Waals surface area contributed by atoms with Gasteiger partial charge in [-0.2, -0.15) is 0 Å². The van der Waals surface area contributed by atoms with Gasteiger partial charge in [0.1, 0.15) is 0 Å². The van der Waals surface area contributed by atoms with Gasteiger partial charge < -0.3 is 14.9 Å². The Labute approximate surface area is 115 Å². The van der Waals surface area contributed by atoms with E-state index in [2.05, 4.69) is 13.8 Å². The zero-order valence-corrected chi connectivity index (χ0v) is 12.3. The van der Waals surface area contributed by atoms with Crippen LogP contribution in [0.3, 0.4) is 0 Å². The number of urea groups is 1. The highest BCUT2D eigenvalue weighted by Crippen LogP contribution is 2.22. The third kappa shape index (κ3) is 4.40. The second kappa shape index (κ2) is 7.36. The number of carbonyl (C=O) groups excluding carboxylic acids is 1. The number of carboxylic acids is 1. The van der Waals surface area contributed by atoms with Crippen LogP contribution in [0.15, 0.2) is 0 Å². The van der Waals surface area contributed by atoms with Crippen molar-refractivity contribution in [1.82, 2.24) is 9.80 Å². The van der Waals surface area contributed by atoms with E-state index in [0.717, 1.165) is 25.8 Å². The summed E-state index contributed by atoms with van der Waals surface area (Å²) < 4.78 is 0. The van der Waals surface area contributed by atoms with E-state index < -0.39 is 5.97 Å². The van der Waals surface area contributed by atoms with Crippen molar-refractivity contribution in [1.29, 1.82) is 0 Å². The smallest absolute Gasteiger partial charge is 0.320 e. The molecule has 0 saturated carbocycles. The summed E-state index contributed by atoms with van der Waals surface area (Å²) in [7, 11) is 0. The number of nitrogens with zero attached hydrogens (tertiary/aromatic N) is 2. The molecule has 1 aliphatic rings. The minimum absolute atomic E-state index is 0.102. The summed E-state index contributed by atoms with van der Waals surface area (Å²) in [6, 6.07) is 0.361. The van der Waals surface area contributed by atoms with Crippen molar-refractivity contribution in [2.24, 2.45) is 5.92 Å². The minimum atomic E-state index is -0.737. The molecule has 1 heterocycles. The maximum atomic E-state index is 12.4. The Morgan fingerprint density at radius 3 is 2.32 bits per heavy atom. The Bertz CT molecular complexity index is 312. The van der Waals surface area contributed by atoms with Crippen LogP contribution in [-0.2, 0) is 4.79 Å². The normalized spacial score (nSPS) is 18.2. The van der Waals surface area contributed by atoms with Crippen LogP contribution in [0.1, 0.15) is 46.5 Å². The van der Waals surface area contributed by atoms with Gasteiger partial charge in [-0.05, 0) is 39.0 Å². The Morgan fingerprint density at radius 2 is 1.89 bits per heavy atom. The zero-order valence-electron chi connectivity index (χ0n) is 12.3. The van der Waals surface area contributed by atoms with E-state index in [9.17, 15) is 9.59 Å². The summed E-state index contributed by atoms with van der Waals surface area (Å²) in [5.41, 5.74) is 0. The molecule has 1 fully saturated rings. The number of carbonyl (C=O) groups is 2. The number of rotatable bonds is 5. The monoisotopic (exact) mass is 270 g/mol. The first-order chi connectivity index (χ1) is 8.99. The highest BCUT2D eigenvalue weighted by Gasteiger charge is 2.28. The number of piperidine rings is 1. The summed E-state index contributed by atoms with van der Waals surface area (Å²) in [6.07, 6.45) is 2.78. The van der Waals surface area contributed by atoms with E-state index in [1.807, 2.05) is 16.7 Å². The van der Waals surface area contributed by atoms with E-state index >= 15 is 0 Å². The standard InChI is InChI=1S/C14H26N2O3/c1-4-11(3)16(5-2)14(19)15-8-6-12(7-9-15)10-13(17)18/h11-12H,4-10H2,1-3H3,(H,17,18). The van der Waals surface area contributed by atoms with Crippen molar-refractivity contribution in [3.8, 4) is 0 Å². The lowest BCUT2D eigenvalue weighted by Crippen LogP contribution is -2.49. The molecule has 110 valence electrons. The molecule has 0 aromatic rings. The molecular formula is C14H26N2O3. The summed E-state index contributed by atoms with van der Waals surface area (Å²) >= 11 is 0. The first kappa shape index (κ1) is 15.8. The van der Waals surface area contributed by atoms with Gasteiger partial charge in [0.2, 0.25) is 0 Å². The van der Waals surface area contributed by atoms with Crippen molar-refractivity contribution < 1.29 is 14.7 Å². The van der Waals surface area contributed by atoms with Crippen LogP contribution in [-0.4, -0.2) is 52.6 Å². The number of amides is 2. The molecule has 1 saturated heterocycles. The molecule has 5 nitrogen and oxygen atoms in total. The third-order valence-corrected chi connectivity index (χ3v) is 4.06. The maximum absolute atomic E-state index is 12.4. The molecule has 1 atom stereocenters. The van der Waals surface area contributed by atoms with Crippen LogP contribution in [0, 0.1) is 5.92 Å². The maximum Gasteiger partial charge on any atom is 0.320 e. The van der Waals surface area contributed by atoms with Gasteiger partial charge in [-0.3, -0.25) is 4.79 Å². The largest absolute Gasteiger partial charge is 0.481 e. The highest BCUT2D eigenvalue weighted by molar-refractivity contribution is 5.75. The summed E-state index contributed by atoms with van der Waals surface area (Å²) in [4.78, 5) is 26.8. The van der Waals surface area contributed by atoms with Gasteiger partial charge >= 0.3 is 12.0 Å². The summed E-state index contributed by atoms with van der Waals surface area (Å²) in [5.74, 6) is -0.514. The Balaban J connectivity index is 2.49. The van der Waals surface area contributed by atoms with Crippen LogP contribution in [0.4, 0.5) is 4.79 Å². The predicted octanol–water partition coefficient (Wildman–Crippen LogP) is 2.41. The highest BCUT2D eigenvalue weighted by atomic mass is 16.4. The van der Waals surface area contributed by atoms with Crippen molar-refractivity contribution in [3.63, 3.8) is 0 Å². The lowest BCUT2D eigenvalue weighted by atomic mass is 9.94. The molecular weight excluding hydrogens is 244 g/mol. The zero-order chi connectivity index (χ0) is 14.4. The van der Waals surface area contributed by atoms with Crippen molar-refractivity contribution in [2.45, 2.75) is 52.5 Å². The van der Waals surface area contributed by atoms with Gasteiger partial charge in [0.05, 0.1) is 0 Å². The Hall–Kier alpha value is -1.26. The van der Waals surface area contributed by atoms with Crippen LogP contribution < -0.4 is 0 Å². The molecule has 1 aliphatic heterocycles. The van der Waals surface area contributed by atoms with Crippen molar-refractivity contribution >= 4 is 12.0 Å². The molecule has 2 amide bonds. The van der Waals surface area contributed by atoms with E-state index in [0.29, 0.717) is 13.1 Å². The van der Waals surface area contributed by atoms with Crippen LogP contribution in [0.5, 0.6) is 0 Å². The van der Waals surface area contributed by atoms with E-state index in [1.54, 1.807) is 0 Å². The SMILES string of the molecule is CCC(C)N(CC)C(=O)N1CCC(CC(=O)O)CC1. The average Bonchev–Trinajstić information content (AvgIpc) is 2.39. The molecule has 1 unspecified atom stereocenters. The Kier molecular flexibility index (Phi) is 6.12.